The lowest BCUT2D eigenvalue weighted by atomic mass is 9.91. The molecule has 1 aromatic rings. The zero-order valence-electron chi connectivity index (χ0n) is 13.2. The topological polar surface area (TPSA) is 60.5 Å². The van der Waals surface area contributed by atoms with Crippen molar-refractivity contribution in [1.82, 2.24) is 4.98 Å². The largest absolute Gasteiger partial charge is 0.465 e. The number of hydrogen-bond donors (Lipinski definition) is 1. The number of aryl methyl sites for hydroxylation is 1. The number of methoxy groups -OCH3 is 1. The number of rotatable bonds is 6. The zero-order valence-corrected chi connectivity index (χ0v) is 14.0. The van der Waals surface area contributed by atoms with Gasteiger partial charge in [-0.3, -0.25) is 4.79 Å². The smallest absolute Gasteiger partial charge is 0.315 e. The Balaban J connectivity index is 2.10. The van der Waals surface area contributed by atoms with Crippen LogP contribution in [0.5, 0.6) is 0 Å². The summed E-state index contributed by atoms with van der Waals surface area (Å²) in [5.41, 5.74) is 0.662. The van der Waals surface area contributed by atoms with Gasteiger partial charge in [-0.15, -0.1) is 11.3 Å². The number of anilines is 1. The maximum atomic E-state index is 12.0. The fourth-order valence-corrected chi connectivity index (χ4v) is 3.39. The standard InChI is InChI=1S/C15H24N2O3S/c1-5-20-13(18)10-7-6-8-11-12(10)17-14(21-11)16-9-15(2,3)19-4/h10H,5-9H2,1-4H3,(H,16,17). The van der Waals surface area contributed by atoms with Crippen molar-refractivity contribution >= 4 is 22.4 Å². The summed E-state index contributed by atoms with van der Waals surface area (Å²) in [5, 5.41) is 4.18. The molecule has 0 bridgehead atoms. The van der Waals surface area contributed by atoms with Gasteiger partial charge in [-0.25, -0.2) is 4.98 Å². The minimum absolute atomic E-state index is 0.146. The number of hydrogen-bond acceptors (Lipinski definition) is 6. The minimum atomic E-state index is -0.243. The van der Waals surface area contributed by atoms with Crippen LogP contribution in [0.3, 0.4) is 0 Å². The summed E-state index contributed by atoms with van der Waals surface area (Å²) in [6.07, 6.45) is 2.85. The summed E-state index contributed by atoms with van der Waals surface area (Å²) in [6, 6.07) is 0. The van der Waals surface area contributed by atoms with Crippen LogP contribution in [0.15, 0.2) is 0 Å². The molecule has 5 nitrogen and oxygen atoms in total. The van der Waals surface area contributed by atoms with Crippen LogP contribution in [-0.2, 0) is 20.7 Å². The molecule has 0 saturated carbocycles. The maximum Gasteiger partial charge on any atom is 0.315 e. The summed E-state index contributed by atoms with van der Waals surface area (Å²) < 4.78 is 10.6. The predicted molar refractivity (Wildman–Crippen MR) is 84.0 cm³/mol. The highest BCUT2D eigenvalue weighted by molar-refractivity contribution is 7.15. The van der Waals surface area contributed by atoms with Crippen LogP contribution in [0.2, 0.25) is 0 Å². The lowest BCUT2D eigenvalue weighted by Crippen LogP contribution is -2.32. The van der Waals surface area contributed by atoms with Crippen molar-refractivity contribution in [2.24, 2.45) is 0 Å². The highest BCUT2D eigenvalue weighted by atomic mass is 32.1. The van der Waals surface area contributed by atoms with E-state index in [-0.39, 0.29) is 17.5 Å². The van der Waals surface area contributed by atoms with Gasteiger partial charge in [0.1, 0.15) is 5.92 Å². The van der Waals surface area contributed by atoms with Crippen molar-refractivity contribution in [3.8, 4) is 0 Å². The Morgan fingerprint density at radius 2 is 2.29 bits per heavy atom. The fraction of sp³-hybridized carbons (Fsp3) is 0.733. The van der Waals surface area contributed by atoms with Crippen LogP contribution in [-0.4, -0.2) is 36.8 Å². The molecule has 2 rings (SSSR count). The number of esters is 1. The molecule has 21 heavy (non-hydrogen) atoms. The second kappa shape index (κ2) is 6.75. The van der Waals surface area contributed by atoms with Crippen molar-refractivity contribution in [3.05, 3.63) is 10.6 Å². The van der Waals surface area contributed by atoms with Crippen molar-refractivity contribution in [1.29, 1.82) is 0 Å². The molecule has 0 radical (unpaired) electrons. The van der Waals surface area contributed by atoms with E-state index >= 15 is 0 Å². The fourth-order valence-electron chi connectivity index (χ4n) is 2.33. The molecule has 0 aromatic carbocycles. The van der Waals surface area contributed by atoms with Crippen LogP contribution in [0.25, 0.3) is 0 Å². The Bertz CT molecular complexity index is 499. The van der Waals surface area contributed by atoms with Crippen LogP contribution in [0, 0.1) is 0 Å². The number of ether oxygens (including phenoxy) is 2. The highest BCUT2D eigenvalue weighted by Crippen LogP contribution is 2.37. The average molecular weight is 312 g/mol. The summed E-state index contributed by atoms with van der Waals surface area (Å²) in [6.45, 7) is 6.98. The third-order valence-electron chi connectivity index (χ3n) is 3.74. The van der Waals surface area contributed by atoms with E-state index in [1.807, 2.05) is 20.8 Å². The number of nitrogens with zero attached hydrogens (tertiary/aromatic N) is 1. The van der Waals surface area contributed by atoms with Gasteiger partial charge in [-0.2, -0.15) is 0 Å². The van der Waals surface area contributed by atoms with Crippen molar-refractivity contribution < 1.29 is 14.3 Å². The summed E-state index contributed by atoms with van der Waals surface area (Å²) in [5.74, 6) is -0.344. The number of carbonyl (C=O) groups excluding carboxylic acids is 1. The predicted octanol–water partition coefficient (Wildman–Crippen LogP) is 2.96. The van der Waals surface area contributed by atoms with Gasteiger partial charge in [0, 0.05) is 18.5 Å². The first kappa shape index (κ1) is 16.2. The second-order valence-electron chi connectivity index (χ2n) is 5.84. The van der Waals surface area contributed by atoms with E-state index in [0.29, 0.717) is 13.2 Å². The SMILES string of the molecule is CCOC(=O)C1CCCc2sc(NCC(C)(C)OC)nc21. The van der Waals surface area contributed by atoms with E-state index in [2.05, 4.69) is 10.3 Å². The second-order valence-corrected chi connectivity index (χ2v) is 6.93. The normalized spacial score (nSPS) is 18.2. The number of thiazole rings is 1. The van der Waals surface area contributed by atoms with Crippen molar-refractivity contribution in [2.75, 3.05) is 25.6 Å². The van der Waals surface area contributed by atoms with E-state index in [0.717, 1.165) is 30.1 Å². The molecular formula is C15H24N2O3S. The van der Waals surface area contributed by atoms with Gasteiger partial charge in [0.05, 0.1) is 17.9 Å². The Kier molecular flexibility index (Phi) is 5.22. The number of nitrogens with one attached hydrogen (secondary N) is 1. The van der Waals surface area contributed by atoms with Gasteiger partial charge in [0.15, 0.2) is 5.13 Å². The molecule has 1 aliphatic carbocycles. The Morgan fingerprint density at radius 1 is 1.52 bits per heavy atom. The minimum Gasteiger partial charge on any atom is -0.465 e. The quantitative estimate of drug-likeness (QED) is 0.818. The first-order chi connectivity index (χ1) is 9.96. The molecule has 0 fully saturated rings. The molecule has 6 heteroatoms. The molecule has 1 heterocycles. The average Bonchev–Trinajstić information content (AvgIpc) is 2.88. The third-order valence-corrected chi connectivity index (χ3v) is 4.83. The van der Waals surface area contributed by atoms with E-state index in [1.54, 1.807) is 18.4 Å². The molecule has 0 aliphatic heterocycles. The van der Waals surface area contributed by atoms with E-state index < -0.39 is 0 Å². The Morgan fingerprint density at radius 3 is 2.95 bits per heavy atom. The summed E-state index contributed by atoms with van der Waals surface area (Å²) >= 11 is 1.64. The summed E-state index contributed by atoms with van der Waals surface area (Å²) in [4.78, 5) is 17.9. The molecule has 1 aromatic heterocycles. The van der Waals surface area contributed by atoms with Crippen molar-refractivity contribution in [3.63, 3.8) is 0 Å². The van der Waals surface area contributed by atoms with Crippen LogP contribution in [0.1, 0.15) is 50.1 Å². The van der Waals surface area contributed by atoms with Gasteiger partial charge in [-0.1, -0.05) is 0 Å². The van der Waals surface area contributed by atoms with E-state index in [9.17, 15) is 4.79 Å². The monoisotopic (exact) mass is 312 g/mol. The molecule has 1 atom stereocenters. The molecular weight excluding hydrogens is 288 g/mol. The summed E-state index contributed by atoms with van der Waals surface area (Å²) in [7, 11) is 1.70. The number of aromatic nitrogens is 1. The van der Waals surface area contributed by atoms with Crippen LogP contribution >= 0.6 is 11.3 Å². The molecule has 0 saturated heterocycles. The van der Waals surface area contributed by atoms with Crippen molar-refractivity contribution in [2.45, 2.75) is 51.6 Å². The molecule has 1 aliphatic rings. The lowest BCUT2D eigenvalue weighted by molar-refractivity contribution is -0.145. The van der Waals surface area contributed by atoms with E-state index in [4.69, 9.17) is 9.47 Å². The van der Waals surface area contributed by atoms with E-state index in [1.165, 1.54) is 4.88 Å². The Hall–Kier alpha value is -1.14. The Labute approximate surface area is 130 Å². The van der Waals surface area contributed by atoms with Gasteiger partial charge in [-0.05, 0) is 40.0 Å². The first-order valence-corrected chi connectivity index (χ1v) is 8.23. The highest BCUT2D eigenvalue weighted by Gasteiger charge is 2.31. The number of carbonyl (C=O) groups is 1. The molecule has 1 unspecified atom stereocenters. The first-order valence-electron chi connectivity index (χ1n) is 7.42. The molecule has 1 N–H and O–H groups in total. The maximum absolute atomic E-state index is 12.0. The van der Waals surface area contributed by atoms with Gasteiger partial charge < -0.3 is 14.8 Å². The molecule has 0 amide bonds. The molecule has 118 valence electrons. The van der Waals surface area contributed by atoms with Gasteiger partial charge >= 0.3 is 5.97 Å². The zero-order chi connectivity index (χ0) is 15.5. The van der Waals surface area contributed by atoms with Crippen LogP contribution in [0.4, 0.5) is 5.13 Å². The third kappa shape index (κ3) is 3.95. The molecule has 0 spiro atoms. The van der Waals surface area contributed by atoms with Gasteiger partial charge in [0.2, 0.25) is 0 Å². The van der Waals surface area contributed by atoms with Gasteiger partial charge in [0.25, 0.3) is 0 Å². The van der Waals surface area contributed by atoms with Crippen LogP contribution < -0.4 is 5.32 Å². The lowest BCUT2D eigenvalue weighted by Gasteiger charge is -2.22. The number of fused-ring (bicyclic) bond motifs is 1.